The number of hydrogen-bond acceptors (Lipinski definition) is 7. The molecular formula is C25H28N2O6. The summed E-state index contributed by atoms with van der Waals surface area (Å²) in [5, 5.41) is 10.6. The number of hydrogen-bond donors (Lipinski definition) is 0. The van der Waals surface area contributed by atoms with Crippen molar-refractivity contribution in [2.75, 3.05) is 19.7 Å². The lowest BCUT2D eigenvalue weighted by Crippen LogP contribution is -2.35. The fourth-order valence-corrected chi connectivity index (χ4v) is 4.25. The molecule has 33 heavy (non-hydrogen) atoms. The van der Waals surface area contributed by atoms with Crippen LogP contribution in [0.2, 0.25) is 0 Å². The Bertz CT molecular complexity index is 1200. The number of aryl methyl sites for hydroxylation is 1. The number of fused-ring (bicyclic) bond motifs is 1. The Morgan fingerprint density at radius 1 is 1.09 bits per heavy atom. The van der Waals surface area contributed by atoms with Gasteiger partial charge in [-0.1, -0.05) is 24.3 Å². The first-order valence-corrected chi connectivity index (χ1v) is 11.1. The van der Waals surface area contributed by atoms with Crippen LogP contribution in [0.5, 0.6) is 5.75 Å². The van der Waals surface area contributed by atoms with Crippen molar-refractivity contribution in [1.82, 2.24) is 4.90 Å². The highest BCUT2D eigenvalue weighted by molar-refractivity contribution is 5.82. The van der Waals surface area contributed by atoms with Crippen LogP contribution >= 0.6 is 0 Å². The van der Waals surface area contributed by atoms with Crippen LogP contribution in [0.4, 0.5) is 0 Å². The van der Waals surface area contributed by atoms with E-state index in [1.165, 1.54) is 0 Å². The molecule has 0 unspecified atom stereocenters. The second-order valence-electron chi connectivity index (χ2n) is 8.65. The van der Waals surface area contributed by atoms with E-state index in [1.54, 1.807) is 13.0 Å². The maximum Gasteiger partial charge on any atom is 0.339 e. The number of likely N-dealkylation sites (tertiary alicyclic amines) is 1. The summed E-state index contributed by atoms with van der Waals surface area (Å²) in [6.45, 7) is 7.05. The summed E-state index contributed by atoms with van der Waals surface area (Å²) in [4.78, 5) is 29.2. The molecule has 1 saturated heterocycles. The topological polar surface area (TPSA) is 95.1 Å². The summed E-state index contributed by atoms with van der Waals surface area (Å²) in [7, 11) is 0. The number of nitrogens with zero attached hydrogens (tertiary/aromatic N) is 2. The van der Waals surface area contributed by atoms with Crippen molar-refractivity contribution < 1.29 is 19.1 Å². The van der Waals surface area contributed by atoms with E-state index in [0.717, 1.165) is 54.6 Å². The van der Waals surface area contributed by atoms with Gasteiger partial charge in [0.2, 0.25) is 0 Å². The van der Waals surface area contributed by atoms with Crippen molar-refractivity contribution in [2.24, 2.45) is 5.92 Å². The van der Waals surface area contributed by atoms with E-state index < -0.39 is 5.09 Å². The zero-order chi connectivity index (χ0) is 23.4. The van der Waals surface area contributed by atoms with Gasteiger partial charge >= 0.3 is 5.63 Å². The molecule has 8 heteroatoms. The highest BCUT2D eigenvalue weighted by Crippen LogP contribution is 2.26. The van der Waals surface area contributed by atoms with Crippen LogP contribution in [0.25, 0.3) is 11.0 Å². The molecule has 0 radical (unpaired) electrons. The highest BCUT2D eigenvalue weighted by atomic mass is 16.9. The predicted molar refractivity (Wildman–Crippen MR) is 124 cm³/mol. The third-order valence-electron chi connectivity index (χ3n) is 6.36. The van der Waals surface area contributed by atoms with E-state index in [9.17, 15) is 14.9 Å². The van der Waals surface area contributed by atoms with Crippen LogP contribution in [-0.4, -0.2) is 29.7 Å². The Morgan fingerprint density at radius 3 is 2.61 bits per heavy atom. The highest BCUT2D eigenvalue weighted by Gasteiger charge is 2.20. The average molecular weight is 453 g/mol. The molecule has 0 saturated carbocycles. The normalized spacial score (nSPS) is 15.0. The number of benzene rings is 2. The monoisotopic (exact) mass is 452 g/mol. The Balaban J connectivity index is 1.28. The summed E-state index contributed by atoms with van der Waals surface area (Å²) >= 11 is 0. The van der Waals surface area contributed by atoms with Gasteiger partial charge in [0.05, 0.1) is 6.61 Å². The van der Waals surface area contributed by atoms with Crippen LogP contribution in [-0.2, 0) is 18.0 Å². The summed E-state index contributed by atoms with van der Waals surface area (Å²) in [6.07, 6.45) is 2.07. The number of rotatable bonds is 8. The zero-order valence-electron chi connectivity index (χ0n) is 18.9. The maximum absolute atomic E-state index is 12.0. The molecule has 174 valence electrons. The molecule has 1 aliphatic rings. The Labute approximate surface area is 191 Å². The van der Waals surface area contributed by atoms with Crippen LogP contribution in [0.3, 0.4) is 0 Å². The van der Waals surface area contributed by atoms with Crippen molar-refractivity contribution in [3.63, 3.8) is 0 Å². The van der Waals surface area contributed by atoms with Gasteiger partial charge in [0.1, 0.15) is 17.9 Å². The van der Waals surface area contributed by atoms with E-state index >= 15 is 0 Å². The minimum absolute atomic E-state index is 0.0301. The van der Waals surface area contributed by atoms with Crippen molar-refractivity contribution in [3.05, 3.63) is 85.3 Å². The van der Waals surface area contributed by atoms with Gasteiger partial charge in [0.15, 0.2) is 0 Å². The van der Waals surface area contributed by atoms with Crippen molar-refractivity contribution >= 4 is 11.0 Å². The van der Waals surface area contributed by atoms with Gasteiger partial charge in [-0.05, 0) is 74.5 Å². The Hall–Kier alpha value is -3.39. The van der Waals surface area contributed by atoms with Crippen LogP contribution in [0.15, 0.2) is 51.7 Å². The predicted octanol–water partition coefficient (Wildman–Crippen LogP) is 4.41. The van der Waals surface area contributed by atoms with Gasteiger partial charge in [-0.3, -0.25) is 4.90 Å². The molecule has 1 aliphatic heterocycles. The Morgan fingerprint density at radius 2 is 1.85 bits per heavy atom. The van der Waals surface area contributed by atoms with Gasteiger partial charge in [-0.15, -0.1) is 10.1 Å². The third-order valence-corrected chi connectivity index (χ3v) is 6.36. The summed E-state index contributed by atoms with van der Waals surface area (Å²) in [5.74, 6) is 1.17. The number of piperidine rings is 1. The molecule has 0 aliphatic carbocycles. The van der Waals surface area contributed by atoms with E-state index in [-0.39, 0.29) is 12.2 Å². The minimum Gasteiger partial charge on any atom is -0.493 e. The largest absolute Gasteiger partial charge is 0.493 e. The molecule has 8 nitrogen and oxygen atoms in total. The lowest BCUT2D eigenvalue weighted by molar-refractivity contribution is -0.763. The van der Waals surface area contributed by atoms with Crippen molar-refractivity contribution in [2.45, 2.75) is 39.8 Å². The van der Waals surface area contributed by atoms with Crippen LogP contribution in [0, 0.1) is 29.9 Å². The fraction of sp³-hybridized carbons (Fsp3) is 0.400. The lowest BCUT2D eigenvalue weighted by Gasteiger charge is -2.32. The first-order valence-electron chi connectivity index (χ1n) is 11.1. The van der Waals surface area contributed by atoms with Gasteiger partial charge in [0, 0.05) is 23.6 Å². The lowest BCUT2D eigenvalue weighted by atomic mass is 9.97. The summed E-state index contributed by atoms with van der Waals surface area (Å²) in [5.41, 5.74) is 3.75. The molecule has 4 rings (SSSR count). The van der Waals surface area contributed by atoms with Crippen LogP contribution < -0.4 is 10.4 Å². The molecule has 3 aromatic rings. The minimum atomic E-state index is -0.769. The molecule has 0 N–H and O–H groups in total. The molecular weight excluding hydrogens is 424 g/mol. The smallest absolute Gasteiger partial charge is 0.339 e. The molecule has 0 amide bonds. The molecule has 2 aromatic carbocycles. The first-order chi connectivity index (χ1) is 15.9. The summed E-state index contributed by atoms with van der Waals surface area (Å²) < 4.78 is 11.5. The van der Waals surface area contributed by atoms with Crippen LogP contribution in [0.1, 0.15) is 35.1 Å². The molecule has 1 aromatic heterocycles. The standard InChI is InChI=1S/C25H28N2O6/c1-17-18(2)25(28)33-24-13-22(6-7-23(17)24)31-15-19-8-10-26(11-9-19)14-20-4-3-5-21(12-20)16-32-27(29)30/h3-7,12-13,19H,8-11,14-16H2,1-2H3. The Kier molecular flexibility index (Phi) is 6.93. The van der Waals surface area contributed by atoms with Gasteiger partial charge in [-0.2, -0.15) is 0 Å². The van der Waals surface area contributed by atoms with Gasteiger partial charge in [0.25, 0.3) is 5.09 Å². The van der Waals surface area contributed by atoms with E-state index in [1.807, 2.05) is 43.3 Å². The van der Waals surface area contributed by atoms with E-state index in [4.69, 9.17) is 9.15 Å². The van der Waals surface area contributed by atoms with Crippen molar-refractivity contribution in [3.8, 4) is 5.75 Å². The zero-order valence-corrected chi connectivity index (χ0v) is 18.9. The van der Waals surface area contributed by atoms with Gasteiger partial charge in [-0.25, -0.2) is 4.79 Å². The number of ether oxygens (including phenoxy) is 1. The molecule has 0 spiro atoms. The first kappa shape index (κ1) is 22.8. The van der Waals surface area contributed by atoms with E-state index in [2.05, 4.69) is 9.74 Å². The quantitative estimate of drug-likeness (QED) is 0.284. The van der Waals surface area contributed by atoms with E-state index in [0.29, 0.717) is 29.4 Å². The fourth-order valence-electron chi connectivity index (χ4n) is 4.25. The third kappa shape index (κ3) is 5.70. The van der Waals surface area contributed by atoms with Gasteiger partial charge < -0.3 is 14.0 Å². The molecule has 0 atom stereocenters. The molecule has 1 fully saturated rings. The summed E-state index contributed by atoms with van der Waals surface area (Å²) in [6, 6.07) is 13.4. The maximum atomic E-state index is 12.0. The second-order valence-corrected chi connectivity index (χ2v) is 8.65. The second kappa shape index (κ2) is 10.0. The molecule has 0 bridgehead atoms. The SMILES string of the molecule is Cc1c(C)c2ccc(OCC3CCN(Cc4cccc(CO[N+](=O)[O-])c4)CC3)cc2oc1=O. The molecule has 2 heterocycles. The average Bonchev–Trinajstić information content (AvgIpc) is 2.81. The van der Waals surface area contributed by atoms with Crippen molar-refractivity contribution in [1.29, 1.82) is 0 Å².